The topological polar surface area (TPSA) is 49.4 Å². The molecule has 2 heterocycles. The molecule has 0 aliphatic carbocycles. The zero-order valence-electron chi connectivity index (χ0n) is 9.38. The lowest BCUT2D eigenvalue weighted by Crippen LogP contribution is -2.42. The fourth-order valence-corrected chi connectivity index (χ4v) is 2.35. The van der Waals surface area contributed by atoms with E-state index in [0.29, 0.717) is 19.0 Å². The van der Waals surface area contributed by atoms with E-state index in [4.69, 9.17) is 0 Å². The molecule has 2 saturated heterocycles. The molecule has 4 nitrogen and oxygen atoms in total. The summed E-state index contributed by atoms with van der Waals surface area (Å²) in [6.07, 6.45) is 2.57. The summed E-state index contributed by atoms with van der Waals surface area (Å²) in [7, 11) is 0. The van der Waals surface area contributed by atoms with Gasteiger partial charge in [-0.15, -0.1) is 0 Å². The smallest absolute Gasteiger partial charge is 0.235 e. The summed E-state index contributed by atoms with van der Waals surface area (Å²) in [5.41, 5.74) is -0.490. The molecule has 0 radical (unpaired) electrons. The Labute approximate surface area is 90.0 Å². The summed E-state index contributed by atoms with van der Waals surface area (Å²) in [6, 6.07) is 0.312. The van der Waals surface area contributed by atoms with Crippen LogP contribution in [-0.2, 0) is 9.59 Å². The highest BCUT2D eigenvalue weighted by molar-refractivity contribution is 6.05. The molecule has 2 rings (SSSR count). The van der Waals surface area contributed by atoms with Crippen molar-refractivity contribution in [1.82, 2.24) is 10.2 Å². The third-order valence-electron chi connectivity index (χ3n) is 3.28. The van der Waals surface area contributed by atoms with Gasteiger partial charge in [-0.05, 0) is 19.4 Å². The average molecular weight is 210 g/mol. The highest BCUT2D eigenvalue weighted by Gasteiger charge is 2.45. The molecule has 1 N–H and O–H groups in total. The molecule has 0 aromatic heterocycles. The second-order valence-electron chi connectivity index (χ2n) is 5.16. The van der Waals surface area contributed by atoms with Gasteiger partial charge in [0.15, 0.2) is 0 Å². The molecule has 0 aromatic rings. The normalized spacial score (nSPS) is 30.3. The van der Waals surface area contributed by atoms with Gasteiger partial charge in [0.05, 0.1) is 5.41 Å². The number of rotatable bonds is 2. The van der Waals surface area contributed by atoms with E-state index >= 15 is 0 Å². The van der Waals surface area contributed by atoms with Gasteiger partial charge in [-0.3, -0.25) is 14.5 Å². The number of likely N-dealkylation sites (tertiary alicyclic amines) is 1. The molecule has 0 spiro atoms. The van der Waals surface area contributed by atoms with Crippen molar-refractivity contribution in [3.63, 3.8) is 0 Å². The maximum atomic E-state index is 11.9. The Morgan fingerprint density at radius 3 is 2.67 bits per heavy atom. The summed E-state index contributed by atoms with van der Waals surface area (Å²) in [4.78, 5) is 25.0. The fourth-order valence-electron chi connectivity index (χ4n) is 2.35. The zero-order valence-corrected chi connectivity index (χ0v) is 9.38. The summed E-state index contributed by atoms with van der Waals surface area (Å²) in [6.45, 7) is 5.25. The van der Waals surface area contributed by atoms with Crippen molar-refractivity contribution >= 4 is 11.8 Å². The first-order valence-corrected chi connectivity index (χ1v) is 5.59. The maximum absolute atomic E-state index is 11.9. The molecule has 2 aliphatic rings. The van der Waals surface area contributed by atoms with Gasteiger partial charge in [0.1, 0.15) is 0 Å². The van der Waals surface area contributed by atoms with E-state index in [0.717, 1.165) is 19.4 Å². The Balaban J connectivity index is 2.02. The van der Waals surface area contributed by atoms with Crippen LogP contribution in [0.5, 0.6) is 0 Å². The van der Waals surface area contributed by atoms with E-state index in [-0.39, 0.29) is 11.8 Å². The highest BCUT2D eigenvalue weighted by Crippen LogP contribution is 2.31. The van der Waals surface area contributed by atoms with Gasteiger partial charge in [-0.1, -0.05) is 13.8 Å². The molecule has 2 aliphatic heterocycles. The number of nitrogens with one attached hydrogen (secondary N) is 1. The third kappa shape index (κ3) is 1.91. The van der Waals surface area contributed by atoms with E-state index in [1.165, 1.54) is 4.90 Å². The molecule has 84 valence electrons. The minimum atomic E-state index is -0.490. The van der Waals surface area contributed by atoms with Gasteiger partial charge in [0.2, 0.25) is 11.8 Å². The largest absolute Gasteiger partial charge is 0.312 e. The maximum Gasteiger partial charge on any atom is 0.235 e. The van der Waals surface area contributed by atoms with Crippen LogP contribution in [0.1, 0.15) is 33.1 Å². The van der Waals surface area contributed by atoms with Gasteiger partial charge in [0.25, 0.3) is 0 Å². The first-order valence-electron chi connectivity index (χ1n) is 5.59. The summed E-state index contributed by atoms with van der Waals surface area (Å²) in [5, 5.41) is 3.31. The standard InChI is InChI=1S/C11H18N2O2/c1-11(2)6-9(14)13(10(11)15)7-8-4-3-5-12-8/h8,12H,3-7H2,1-2H3/t8-/m0/s1. The minimum absolute atomic E-state index is 0.0128. The molecular weight excluding hydrogens is 192 g/mol. The van der Waals surface area contributed by atoms with Crippen molar-refractivity contribution in [1.29, 1.82) is 0 Å². The van der Waals surface area contributed by atoms with Gasteiger partial charge < -0.3 is 5.32 Å². The van der Waals surface area contributed by atoms with Crippen LogP contribution in [0.15, 0.2) is 0 Å². The number of carbonyl (C=O) groups excluding carboxylic acids is 2. The lowest BCUT2D eigenvalue weighted by molar-refractivity contribution is -0.141. The lowest BCUT2D eigenvalue weighted by Gasteiger charge is -2.21. The van der Waals surface area contributed by atoms with Crippen LogP contribution in [0.3, 0.4) is 0 Å². The monoisotopic (exact) mass is 210 g/mol. The van der Waals surface area contributed by atoms with Crippen molar-refractivity contribution in [2.24, 2.45) is 5.41 Å². The molecule has 0 bridgehead atoms. The van der Waals surface area contributed by atoms with E-state index in [2.05, 4.69) is 5.32 Å². The number of hydrogen-bond donors (Lipinski definition) is 1. The number of hydrogen-bond acceptors (Lipinski definition) is 3. The van der Waals surface area contributed by atoms with Gasteiger partial charge in [0, 0.05) is 19.0 Å². The van der Waals surface area contributed by atoms with Crippen LogP contribution in [0.2, 0.25) is 0 Å². The van der Waals surface area contributed by atoms with Crippen LogP contribution in [0, 0.1) is 5.41 Å². The van der Waals surface area contributed by atoms with E-state index in [1.807, 2.05) is 13.8 Å². The van der Waals surface area contributed by atoms with E-state index in [1.54, 1.807) is 0 Å². The van der Waals surface area contributed by atoms with Crippen molar-refractivity contribution in [2.75, 3.05) is 13.1 Å². The summed E-state index contributed by atoms with van der Waals surface area (Å²) >= 11 is 0. The molecular formula is C11H18N2O2. The molecule has 2 amide bonds. The highest BCUT2D eigenvalue weighted by atomic mass is 16.2. The molecule has 1 atom stereocenters. The molecule has 0 saturated carbocycles. The molecule has 15 heavy (non-hydrogen) atoms. The Kier molecular flexibility index (Phi) is 2.54. The Morgan fingerprint density at radius 1 is 1.47 bits per heavy atom. The minimum Gasteiger partial charge on any atom is -0.312 e. The van der Waals surface area contributed by atoms with Crippen LogP contribution >= 0.6 is 0 Å². The van der Waals surface area contributed by atoms with Crippen LogP contribution in [-0.4, -0.2) is 35.8 Å². The quantitative estimate of drug-likeness (QED) is 0.676. The molecule has 0 aromatic carbocycles. The van der Waals surface area contributed by atoms with Gasteiger partial charge in [-0.2, -0.15) is 0 Å². The third-order valence-corrected chi connectivity index (χ3v) is 3.28. The van der Waals surface area contributed by atoms with Crippen molar-refractivity contribution < 1.29 is 9.59 Å². The number of imide groups is 1. The Bertz CT molecular complexity index is 293. The molecule has 4 heteroatoms. The molecule has 0 unspecified atom stereocenters. The predicted molar refractivity (Wildman–Crippen MR) is 56.1 cm³/mol. The Hall–Kier alpha value is -0.900. The van der Waals surface area contributed by atoms with E-state index in [9.17, 15) is 9.59 Å². The fraction of sp³-hybridized carbons (Fsp3) is 0.818. The number of carbonyl (C=O) groups is 2. The number of nitrogens with zero attached hydrogens (tertiary/aromatic N) is 1. The first kappa shape index (κ1) is 10.6. The SMILES string of the molecule is CC1(C)CC(=O)N(C[C@@H]2CCCN2)C1=O. The second-order valence-corrected chi connectivity index (χ2v) is 5.16. The Morgan fingerprint density at radius 2 is 2.20 bits per heavy atom. The van der Waals surface area contributed by atoms with Crippen molar-refractivity contribution in [3.05, 3.63) is 0 Å². The van der Waals surface area contributed by atoms with Crippen molar-refractivity contribution in [3.8, 4) is 0 Å². The van der Waals surface area contributed by atoms with Crippen molar-refractivity contribution in [2.45, 2.75) is 39.2 Å². The van der Waals surface area contributed by atoms with Gasteiger partial charge >= 0.3 is 0 Å². The van der Waals surface area contributed by atoms with Crippen LogP contribution < -0.4 is 5.32 Å². The first-order chi connectivity index (χ1) is 7.00. The molecule has 2 fully saturated rings. The summed E-state index contributed by atoms with van der Waals surface area (Å²) < 4.78 is 0. The predicted octanol–water partition coefficient (Wildman–Crippen LogP) is 0.523. The van der Waals surface area contributed by atoms with E-state index < -0.39 is 5.41 Å². The average Bonchev–Trinajstić information content (AvgIpc) is 2.69. The zero-order chi connectivity index (χ0) is 11.1. The van der Waals surface area contributed by atoms with Crippen LogP contribution in [0.25, 0.3) is 0 Å². The lowest BCUT2D eigenvalue weighted by atomic mass is 9.92. The number of amides is 2. The summed E-state index contributed by atoms with van der Waals surface area (Å²) in [5.74, 6) is -0.0279. The van der Waals surface area contributed by atoms with Gasteiger partial charge in [-0.25, -0.2) is 0 Å². The van der Waals surface area contributed by atoms with Crippen LogP contribution in [0.4, 0.5) is 0 Å². The second kappa shape index (κ2) is 3.59.